The molecule has 2 rings (SSSR count). The minimum atomic E-state index is -4.32. The van der Waals surface area contributed by atoms with E-state index < -0.39 is 11.7 Å². The van der Waals surface area contributed by atoms with Gasteiger partial charge < -0.3 is 0 Å². The quantitative estimate of drug-likeness (QED) is 0.697. The second-order valence-electron chi connectivity index (χ2n) is 3.72. The van der Waals surface area contributed by atoms with Gasteiger partial charge in [0.1, 0.15) is 0 Å². The maximum Gasteiger partial charge on any atom is 0.416 e. The van der Waals surface area contributed by atoms with Crippen molar-refractivity contribution < 1.29 is 13.2 Å². The van der Waals surface area contributed by atoms with Crippen molar-refractivity contribution >= 4 is 11.9 Å². The molecule has 92 valence electrons. The van der Waals surface area contributed by atoms with Gasteiger partial charge in [0.15, 0.2) is 0 Å². The van der Waals surface area contributed by atoms with Crippen molar-refractivity contribution in [1.82, 2.24) is 0 Å². The number of hydrogen-bond acceptors (Lipinski definition) is 1. The Hall–Kier alpha value is -2.10. The Bertz CT molecular complexity index is 544. The van der Waals surface area contributed by atoms with Gasteiger partial charge in [-0.25, -0.2) is 0 Å². The number of aliphatic imine (C=N–C) groups is 1. The van der Waals surface area contributed by atoms with Crippen molar-refractivity contribution in [1.29, 1.82) is 0 Å². The minimum absolute atomic E-state index is 0.425. The van der Waals surface area contributed by atoms with Crippen LogP contribution in [0.2, 0.25) is 0 Å². The van der Waals surface area contributed by atoms with E-state index in [-0.39, 0.29) is 0 Å². The second kappa shape index (κ2) is 5.04. The number of hydrogen-bond donors (Lipinski definition) is 0. The van der Waals surface area contributed by atoms with Crippen LogP contribution in [0.4, 0.5) is 18.9 Å². The van der Waals surface area contributed by atoms with E-state index in [4.69, 9.17) is 0 Å². The standard InChI is InChI=1S/C14H10F3N/c15-14(16,17)12-6-4-5-11(9-12)10-18-13-7-2-1-3-8-13/h1-10H/b18-10-. The summed E-state index contributed by atoms with van der Waals surface area (Å²) in [4.78, 5) is 4.11. The van der Waals surface area contributed by atoms with Gasteiger partial charge in [-0.2, -0.15) is 13.2 Å². The summed E-state index contributed by atoms with van der Waals surface area (Å²) >= 11 is 0. The largest absolute Gasteiger partial charge is 0.416 e. The van der Waals surface area contributed by atoms with Crippen molar-refractivity contribution in [3.8, 4) is 0 Å². The van der Waals surface area contributed by atoms with E-state index in [1.165, 1.54) is 12.3 Å². The number of halogens is 3. The highest BCUT2D eigenvalue weighted by Crippen LogP contribution is 2.29. The maximum atomic E-state index is 12.5. The summed E-state index contributed by atoms with van der Waals surface area (Å²) in [6, 6.07) is 14.1. The molecule has 0 saturated carbocycles. The first-order valence-corrected chi connectivity index (χ1v) is 5.32. The molecular weight excluding hydrogens is 239 g/mol. The lowest BCUT2D eigenvalue weighted by atomic mass is 10.1. The van der Waals surface area contributed by atoms with E-state index in [0.717, 1.165) is 12.1 Å². The molecule has 18 heavy (non-hydrogen) atoms. The van der Waals surface area contributed by atoms with Gasteiger partial charge in [-0.05, 0) is 29.8 Å². The Morgan fingerprint density at radius 1 is 0.889 bits per heavy atom. The average molecular weight is 249 g/mol. The topological polar surface area (TPSA) is 12.4 Å². The van der Waals surface area contributed by atoms with Crippen LogP contribution in [-0.4, -0.2) is 6.21 Å². The Balaban J connectivity index is 2.23. The van der Waals surface area contributed by atoms with E-state index in [2.05, 4.69) is 4.99 Å². The van der Waals surface area contributed by atoms with E-state index in [1.54, 1.807) is 18.2 Å². The van der Waals surface area contributed by atoms with Gasteiger partial charge in [-0.3, -0.25) is 4.99 Å². The van der Waals surface area contributed by atoms with Crippen LogP contribution in [0.1, 0.15) is 11.1 Å². The predicted octanol–water partition coefficient (Wildman–Crippen LogP) is 4.46. The summed E-state index contributed by atoms with van der Waals surface area (Å²) in [5.41, 5.74) is 0.461. The molecule has 0 heterocycles. The summed E-state index contributed by atoms with van der Waals surface area (Å²) in [6.45, 7) is 0. The van der Waals surface area contributed by atoms with Gasteiger partial charge in [0.05, 0.1) is 11.3 Å². The van der Waals surface area contributed by atoms with Gasteiger partial charge in [0.2, 0.25) is 0 Å². The first-order valence-electron chi connectivity index (χ1n) is 5.32. The van der Waals surface area contributed by atoms with Gasteiger partial charge in [0.25, 0.3) is 0 Å². The monoisotopic (exact) mass is 249 g/mol. The van der Waals surface area contributed by atoms with Crippen LogP contribution in [0.5, 0.6) is 0 Å². The zero-order chi connectivity index (χ0) is 13.0. The molecule has 2 aromatic carbocycles. The summed E-state index contributed by atoms with van der Waals surface area (Å²) in [5.74, 6) is 0. The SMILES string of the molecule is FC(F)(F)c1cccc(/C=N\c2ccccc2)c1. The fourth-order valence-electron chi connectivity index (χ4n) is 1.46. The van der Waals surface area contributed by atoms with Crippen LogP contribution in [0.25, 0.3) is 0 Å². The normalized spacial score (nSPS) is 11.9. The zero-order valence-corrected chi connectivity index (χ0v) is 9.35. The highest BCUT2D eigenvalue weighted by molar-refractivity contribution is 5.82. The Morgan fingerprint density at radius 3 is 2.28 bits per heavy atom. The number of rotatable bonds is 2. The molecule has 0 aromatic heterocycles. The fraction of sp³-hybridized carbons (Fsp3) is 0.0714. The number of para-hydroxylation sites is 1. The van der Waals surface area contributed by atoms with Gasteiger partial charge in [-0.15, -0.1) is 0 Å². The third kappa shape index (κ3) is 3.20. The smallest absolute Gasteiger partial charge is 0.256 e. The second-order valence-corrected chi connectivity index (χ2v) is 3.72. The molecular formula is C14H10F3N. The molecule has 1 nitrogen and oxygen atoms in total. The van der Waals surface area contributed by atoms with Gasteiger partial charge in [0, 0.05) is 6.21 Å². The molecule has 0 radical (unpaired) electrons. The van der Waals surface area contributed by atoms with Crippen LogP contribution in [0.15, 0.2) is 59.6 Å². The summed E-state index contributed by atoms with van der Waals surface area (Å²) < 4.78 is 37.5. The molecule has 0 atom stereocenters. The average Bonchev–Trinajstić information content (AvgIpc) is 2.37. The first kappa shape index (κ1) is 12.4. The van der Waals surface area contributed by atoms with Crippen LogP contribution >= 0.6 is 0 Å². The first-order chi connectivity index (χ1) is 8.55. The van der Waals surface area contributed by atoms with Crippen LogP contribution in [-0.2, 0) is 6.18 Å². The predicted molar refractivity (Wildman–Crippen MR) is 65.1 cm³/mol. The Kier molecular flexibility index (Phi) is 3.46. The lowest BCUT2D eigenvalue weighted by Gasteiger charge is -2.06. The highest BCUT2D eigenvalue weighted by atomic mass is 19.4. The maximum absolute atomic E-state index is 12.5. The molecule has 0 saturated heterocycles. The molecule has 0 aliphatic carbocycles. The molecule has 0 aliphatic rings. The van der Waals surface area contributed by atoms with Crippen molar-refractivity contribution in [2.24, 2.45) is 4.99 Å². The van der Waals surface area contributed by atoms with Crippen molar-refractivity contribution in [2.45, 2.75) is 6.18 Å². The summed E-state index contributed by atoms with van der Waals surface area (Å²) in [6.07, 6.45) is -2.90. The van der Waals surface area contributed by atoms with Crippen LogP contribution < -0.4 is 0 Å². The lowest BCUT2D eigenvalue weighted by Crippen LogP contribution is -2.04. The number of alkyl halides is 3. The van der Waals surface area contributed by atoms with Crippen LogP contribution in [0.3, 0.4) is 0 Å². The molecule has 0 N–H and O–H groups in total. The third-order valence-corrected chi connectivity index (χ3v) is 2.33. The van der Waals surface area contributed by atoms with E-state index >= 15 is 0 Å². The van der Waals surface area contributed by atoms with Crippen molar-refractivity contribution in [3.63, 3.8) is 0 Å². The number of nitrogens with zero attached hydrogens (tertiary/aromatic N) is 1. The zero-order valence-electron chi connectivity index (χ0n) is 9.35. The van der Waals surface area contributed by atoms with E-state index in [1.807, 2.05) is 18.2 Å². The number of benzene rings is 2. The fourth-order valence-corrected chi connectivity index (χ4v) is 1.46. The molecule has 0 spiro atoms. The Morgan fingerprint density at radius 2 is 1.61 bits per heavy atom. The molecule has 4 heteroatoms. The third-order valence-electron chi connectivity index (χ3n) is 2.33. The van der Waals surface area contributed by atoms with E-state index in [0.29, 0.717) is 11.3 Å². The van der Waals surface area contributed by atoms with Crippen molar-refractivity contribution in [2.75, 3.05) is 0 Å². The highest BCUT2D eigenvalue weighted by Gasteiger charge is 2.30. The van der Waals surface area contributed by atoms with Gasteiger partial charge >= 0.3 is 6.18 Å². The molecule has 0 aliphatic heterocycles. The lowest BCUT2D eigenvalue weighted by molar-refractivity contribution is -0.137. The van der Waals surface area contributed by atoms with Gasteiger partial charge in [-0.1, -0.05) is 30.3 Å². The summed E-state index contributed by atoms with van der Waals surface area (Å²) in [7, 11) is 0. The minimum Gasteiger partial charge on any atom is -0.256 e. The molecule has 0 fully saturated rings. The molecule has 2 aromatic rings. The molecule has 0 bridgehead atoms. The van der Waals surface area contributed by atoms with Crippen LogP contribution in [0, 0.1) is 0 Å². The molecule has 0 unspecified atom stereocenters. The summed E-state index contributed by atoms with van der Waals surface area (Å²) in [5, 5.41) is 0. The Labute approximate surface area is 103 Å². The van der Waals surface area contributed by atoms with Crippen molar-refractivity contribution in [3.05, 3.63) is 65.7 Å². The van der Waals surface area contributed by atoms with E-state index in [9.17, 15) is 13.2 Å². The molecule has 0 amide bonds.